The van der Waals surface area contributed by atoms with Crippen molar-refractivity contribution in [1.29, 1.82) is 0 Å². The number of imide groups is 2. The number of ether oxygens (including phenoxy) is 3. The molecule has 1 aliphatic heterocycles. The molecule has 37 heavy (non-hydrogen) atoms. The van der Waals surface area contributed by atoms with Crippen LogP contribution < -0.4 is 14.2 Å². The minimum Gasteiger partial charge on any atom is -0.493 e. The Hall–Kier alpha value is -3.52. The average Bonchev–Trinajstić information content (AvgIpc) is 2.92. The quantitative estimate of drug-likeness (QED) is 0.264. The molecule has 0 spiro atoms. The van der Waals surface area contributed by atoms with E-state index in [9.17, 15) is 14.4 Å². The predicted octanol–water partition coefficient (Wildman–Crippen LogP) is 5.29. The Kier molecular flexibility index (Phi) is 8.38. The number of likely N-dealkylation sites (N-methyl/N-ethyl adjacent to an activating group) is 2. The summed E-state index contributed by atoms with van der Waals surface area (Å²) in [5, 5.41) is 0.247. The van der Waals surface area contributed by atoms with Gasteiger partial charge in [0.2, 0.25) is 0 Å². The zero-order valence-electron chi connectivity index (χ0n) is 21.3. The summed E-state index contributed by atoms with van der Waals surface area (Å²) in [5.41, 5.74) is 1.67. The lowest BCUT2D eigenvalue weighted by Crippen LogP contribution is -2.52. The lowest BCUT2D eigenvalue weighted by atomic mass is 9.84. The number of rotatable bonds is 8. The first-order valence-corrected chi connectivity index (χ1v) is 12.7. The second-order valence-electron chi connectivity index (χ2n) is 9.20. The third-order valence-electron chi connectivity index (χ3n) is 6.76. The molecule has 9 heteroatoms. The van der Waals surface area contributed by atoms with Crippen molar-refractivity contribution in [3.63, 3.8) is 0 Å². The van der Waals surface area contributed by atoms with Gasteiger partial charge in [-0.25, -0.2) is 4.79 Å². The molecule has 2 aromatic rings. The molecule has 196 valence electrons. The third kappa shape index (κ3) is 5.91. The molecule has 1 heterocycles. The standard InChI is InChI=1S/C28H31ClN2O6/c1-30-26(32)22(27(33)31(2)28(30)34)15-18-16-23(29)25(24(17-18)35-3)37-14-13-36-21-11-9-20(10-12-21)19-7-5-4-6-8-19/h9-12,15-17,19H,4-8,13-14H2,1-3H3. The average molecular weight is 527 g/mol. The fourth-order valence-corrected chi connectivity index (χ4v) is 4.95. The molecule has 1 saturated carbocycles. The molecule has 1 aliphatic carbocycles. The van der Waals surface area contributed by atoms with Crippen molar-refractivity contribution in [2.24, 2.45) is 0 Å². The number of carbonyl (C=O) groups excluding carboxylic acids is 3. The second kappa shape index (κ2) is 11.7. The van der Waals surface area contributed by atoms with Crippen molar-refractivity contribution < 1.29 is 28.6 Å². The molecule has 0 N–H and O–H groups in total. The zero-order valence-corrected chi connectivity index (χ0v) is 22.0. The van der Waals surface area contributed by atoms with Crippen LogP contribution >= 0.6 is 11.6 Å². The number of barbiturate groups is 1. The smallest absolute Gasteiger partial charge is 0.333 e. The number of amides is 4. The van der Waals surface area contributed by atoms with Crippen molar-refractivity contribution in [2.75, 3.05) is 34.4 Å². The van der Waals surface area contributed by atoms with E-state index in [0.29, 0.717) is 29.6 Å². The van der Waals surface area contributed by atoms with Crippen molar-refractivity contribution in [3.05, 3.63) is 58.1 Å². The highest BCUT2D eigenvalue weighted by Gasteiger charge is 2.37. The Morgan fingerprint density at radius 3 is 2.16 bits per heavy atom. The molecule has 4 amide bonds. The summed E-state index contributed by atoms with van der Waals surface area (Å²) in [4.78, 5) is 38.7. The van der Waals surface area contributed by atoms with Gasteiger partial charge in [-0.3, -0.25) is 19.4 Å². The molecule has 0 radical (unpaired) electrons. The lowest BCUT2D eigenvalue weighted by Gasteiger charge is -2.28. The molecule has 0 aromatic heterocycles. The largest absolute Gasteiger partial charge is 0.493 e. The minimum absolute atomic E-state index is 0.153. The molecule has 0 atom stereocenters. The van der Waals surface area contributed by atoms with Gasteiger partial charge in [-0.2, -0.15) is 0 Å². The van der Waals surface area contributed by atoms with Crippen molar-refractivity contribution in [3.8, 4) is 17.2 Å². The van der Waals surface area contributed by atoms with Gasteiger partial charge in [0, 0.05) is 14.1 Å². The van der Waals surface area contributed by atoms with E-state index in [1.165, 1.54) is 64.9 Å². The van der Waals surface area contributed by atoms with Gasteiger partial charge in [-0.05, 0) is 60.2 Å². The summed E-state index contributed by atoms with van der Waals surface area (Å²) in [5.74, 6) is 0.717. The molecule has 8 nitrogen and oxygen atoms in total. The lowest BCUT2D eigenvalue weighted by molar-refractivity contribution is -0.134. The highest BCUT2D eigenvalue weighted by molar-refractivity contribution is 6.33. The van der Waals surface area contributed by atoms with Crippen LogP contribution in [0.4, 0.5) is 4.79 Å². The van der Waals surface area contributed by atoms with Gasteiger partial charge in [-0.1, -0.05) is 43.0 Å². The fraction of sp³-hybridized carbons (Fsp3) is 0.393. The number of nitrogens with zero attached hydrogens (tertiary/aromatic N) is 2. The molecule has 1 saturated heterocycles. The maximum atomic E-state index is 12.5. The van der Waals surface area contributed by atoms with E-state index >= 15 is 0 Å². The van der Waals surface area contributed by atoms with Gasteiger partial charge in [0.15, 0.2) is 11.5 Å². The highest BCUT2D eigenvalue weighted by atomic mass is 35.5. The fourth-order valence-electron chi connectivity index (χ4n) is 4.68. The molecule has 2 fully saturated rings. The van der Waals surface area contributed by atoms with E-state index < -0.39 is 17.8 Å². The van der Waals surface area contributed by atoms with Gasteiger partial charge in [-0.15, -0.1) is 0 Å². The summed E-state index contributed by atoms with van der Waals surface area (Å²) in [6.45, 7) is 0.541. The zero-order chi connectivity index (χ0) is 26.5. The van der Waals surface area contributed by atoms with E-state index in [1.54, 1.807) is 12.1 Å². The number of benzene rings is 2. The normalized spacial score (nSPS) is 16.8. The third-order valence-corrected chi connectivity index (χ3v) is 7.04. The van der Waals surface area contributed by atoms with Crippen LogP contribution in [0, 0.1) is 0 Å². The Balaban J connectivity index is 1.38. The number of urea groups is 1. The van der Waals surface area contributed by atoms with E-state index in [2.05, 4.69) is 12.1 Å². The van der Waals surface area contributed by atoms with E-state index in [0.717, 1.165) is 15.5 Å². The SMILES string of the molecule is COc1cc(C=C2C(=O)N(C)C(=O)N(C)C2=O)cc(Cl)c1OCCOc1ccc(C2CCCCC2)cc1. The van der Waals surface area contributed by atoms with Gasteiger partial charge in [0.25, 0.3) is 11.8 Å². The van der Waals surface area contributed by atoms with Crippen molar-refractivity contribution >= 4 is 35.5 Å². The first-order valence-electron chi connectivity index (χ1n) is 12.3. The van der Waals surface area contributed by atoms with Crippen LogP contribution in [0.2, 0.25) is 5.02 Å². The van der Waals surface area contributed by atoms with Crippen molar-refractivity contribution in [2.45, 2.75) is 38.0 Å². The van der Waals surface area contributed by atoms with Crippen LogP contribution in [-0.2, 0) is 9.59 Å². The molecule has 0 bridgehead atoms. The van der Waals surface area contributed by atoms with Gasteiger partial charge < -0.3 is 14.2 Å². The molecular weight excluding hydrogens is 496 g/mol. The van der Waals surface area contributed by atoms with Crippen LogP contribution in [0.1, 0.15) is 49.1 Å². The molecular formula is C28H31ClN2O6. The summed E-state index contributed by atoms with van der Waals surface area (Å²) < 4.78 is 17.1. The van der Waals surface area contributed by atoms with Crippen molar-refractivity contribution in [1.82, 2.24) is 9.80 Å². The second-order valence-corrected chi connectivity index (χ2v) is 9.61. The first-order chi connectivity index (χ1) is 17.8. The number of hydrogen-bond acceptors (Lipinski definition) is 6. The van der Waals surface area contributed by atoms with Crippen LogP contribution in [0.15, 0.2) is 42.0 Å². The molecule has 0 unspecified atom stereocenters. The van der Waals surface area contributed by atoms with E-state index in [4.69, 9.17) is 25.8 Å². The number of hydrogen-bond donors (Lipinski definition) is 0. The van der Waals surface area contributed by atoms with Crippen LogP contribution in [0.5, 0.6) is 17.2 Å². The maximum absolute atomic E-state index is 12.5. The summed E-state index contributed by atoms with van der Waals surface area (Å²) in [6, 6.07) is 10.8. The number of carbonyl (C=O) groups is 3. The van der Waals surface area contributed by atoms with E-state index in [-0.39, 0.29) is 17.2 Å². The summed E-state index contributed by atoms with van der Waals surface area (Å²) in [7, 11) is 4.11. The Labute approximate surface area is 221 Å². The maximum Gasteiger partial charge on any atom is 0.333 e. The predicted molar refractivity (Wildman–Crippen MR) is 140 cm³/mol. The van der Waals surface area contributed by atoms with Gasteiger partial charge >= 0.3 is 6.03 Å². The summed E-state index contributed by atoms with van der Waals surface area (Å²) in [6.07, 6.45) is 7.83. The van der Waals surface area contributed by atoms with Gasteiger partial charge in [0.1, 0.15) is 24.5 Å². The molecule has 2 aromatic carbocycles. The highest BCUT2D eigenvalue weighted by Crippen LogP contribution is 2.37. The Bertz CT molecular complexity index is 1180. The van der Waals surface area contributed by atoms with Gasteiger partial charge in [0.05, 0.1) is 12.1 Å². The van der Waals surface area contributed by atoms with Crippen LogP contribution in [-0.4, -0.2) is 62.1 Å². The number of halogens is 1. The first kappa shape index (κ1) is 26.5. The van der Waals surface area contributed by atoms with Crippen LogP contribution in [0.3, 0.4) is 0 Å². The molecule has 2 aliphatic rings. The van der Waals surface area contributed by atoms with Crippen LogP contribution in [0.25, 0.3) is 6.08 Å². The van der Waals surface area contributed by atoms with E-state index in [1.807, 2.05) is 12.1 Å². The minimum atomic E-state index is -0.688. The Morgan fingerprint density at radius 1 is 0.919 bits per heavy atom. The molecule has 4 rings (SSSR count). The Morgan fingerprint density at radius 2 is 1.54 bits per heavy atom. The summed E-state index contributed by atoms with van der Waals surface area (Å²) >= 11 is 6.45. The topological polar surface area (TPSA) is 85.4 Å². The number of methoxy groups -OCH3 is 1. The monoisotopic (exact) mass is 526 g/mol.